The number of nitriles is 1. The average Bonchev–Trinajstić information content (AvgIpc) is 3.62. The third-order valence-electron chi connectivity index (χ3n) is 7.98. The SMILES string of the molecule is COCC1OC(n2cnc3c(NCC(c4ccccc4)c4ccccc4)nc(CNCc4ccc(C#N)cc4)nc32)C(O)C1O. The largest absolute Gasteiger partial charge is 0.387 e. The molecule has 0 aliphatic carbocycles. The second-order valence-electron chi connectivity index (χ2n) is 11.0. The highest BCUT2D eigenvalue weighted by Crippen LogP contribution is 2.33. The van der Waals surface area contributed by atoms with Gasteiger partial charge in [-0.3, -0.25) is 4.57 Å². The Hall–Kier alpha value is -4.70. The molecule has 1 aliphatic rings. The van der Waals surface area contributed by atoms with Crippen LogP contribution in [0.1, 0.15) is 40.2 Å². The van der Waals surface area contributed by atoms with Crippen LogP contribution in [-0.4, -0.2) is 68.3 Å². The summed E-state index contributed by atoms with van der Waals surface area (Å²) < 4.78 is 12.8. The Morgan fingerprint density at radius 1 is 0.933 bits per heavy atom. The van der Waals surface area contributed by atoms with Crippen LogP contribution in [0.25, 0.3) is 11.2 Å². The predicted molar refractivity (Wildman–Crippen MR) is 168 cm³/mol. The first-order valence-electron chi connectivity index (χ1n) is 14.8. The van der Waals surface area contributed by atoms with E-state index in [4.69, 9.17) is 24.7 Å². The van der Waals surface area contributed by atoms with Crippen LogP contribution in [0.4, 0.5) is 5.82 Å². The zero-order valence-corrected chi connectivity index (χ0v) is 24.8. The number of fused-ring (bicyclic) bond motifs is 1. The molecule has 0 bridgehead atoms. The minimum absolute atomic E-state index is 0.0439. The summed E-state index contributed by atoms with van der Waals surface area (Å²) >= 11 is 0. The van der Waals surface area contributed by atoms with Crippen molar-refractivity contribution in [2.75, 3.05) is 25.6 Å². The van der Waals surface area contributed by atoms with Gasteiger partial charge >= 0.3 is 0 Å². The van der Waals surface area contributed by atoms with E-state index in [2.05, 4.69) is 46.0 Å². The summed E-state index contributed by atoms with van der Waals surface area (Å²) in [6.45, 7) is 1.57. The summed E-state index contributed by atoms with van der Waals surface area (Å²) in [7, 11) is 1.52. The number of nitrogens with one attached hydrogen (secondary N) is 2. The summed E-state index contributed by atoms with van der Waals surface area (Å²) in [5.41, 5.74) is 4.94. The van der Waals surface area contributed by atoms with Gasteiger partial charge in [-0.25, -0.2) is 15.0 Å². The molecule has 0 radical (unpaired) electrons. The van der Waals surface area contributed by atoms with Crippen LogP contribution in [0.2, 0.25) is 0 Å². The van der Waals surface area contributed by atoms with Crippen molar-refractivity contribution < 1.29 is 19.7 Å². The molecule has 3 aromatic carbocycles. The minimum atomic E-state index is -1.20. The number of anilines is 1. The first-order valence-corrected chi connectivity index (χ1v) is 14.8. The Bertz CT molecular complexity index is 1700. The zero-order valence-electron chi connectivity index (χ0n) is 24.8. The number of nitrogens with zero attached hydrogens (tertiary/aromatic N) is 5. The lowest BCUT2D eigenvalue weighted by Gasteiger charge is -2.20. The van der Waals surface area contributed by atoms with Crippen LogP contribution in [0.3, 0.4) is 0 Å². The summed E-state index contributed by atoms with van der Waals surface area (Å²) in [5.74, 6) is 1.10. The molecule has 45 heavy (non-hydrogen) atoms. The lowest BCUT2D eigenvalue weighted by atomic mass is 9.91. The van der Waals surface area contributed by atoms with Crippen molar-refractivity contribution in [3.05, 3.63) is 119 Å². The first-order chi connectivity index (χ1) is 22.1. The van der Waals surface area contributed by atoms with Crippen LogP contribution < -0.4 is 10.6 Å². The lowest BCUT2D eigenvalue weighted by molar-refractivity contribution is -0.0580. The summed E-state index contributed by atoms with van der Waals surface area (Å²) in [5, 5.41) is 37.5. The third kappa shape index (κ3) is 6.71. The molecule has 230 valence electrons. The summed E-state index contributed by atoms with van der Waals surface area (Å²) in [6.07, 6.45) is -2.38. The Morgan fingerprint density at radius 3 is 2.27 bits per heavy atom. The average molecular weight is 606 g/mol. The number of aromatic nitrogens is 4. The highest BCUT2D eigenvalue weighted by atomic mass is 16.6. The van der Waals surface area contributed by atoms with Crippen molar-refractivity contribution in [3.63, 3.8) is 0 Å². The smallest absolute Gasteiger partial charge is 0.168 e. The number of ether oxygens (including phenoxy) is 2. The van der Waals surface area contributed by atoms with Crippen LogP contribution in [0, 0.1) is 11.3 Å². The van der Waals surface area contributed by atoms with Crippen molar-refractivity contribution in [1.82, 2.24) is 24.8 Å². The maximum absolute atomic E-state index is 10.9. The number of hydrogen-bond donors (Lipinski definition) is 4. The van der Waals surface area contributed by atoms with E-state index in [1.165, 1.54) is 7.11 Å². The second kappa shape index (κ2) is 13.9. The van der Waals surface area contributed by atoms with Crippen LogP contribution in [0.15, 0.2) is 91.3 Å². The van der Waals surface area contributed by atoms with Crippen molar-refractivity contribution in [3.8, 4) is 6.07 Å². The van der Waals surface area contributed by atoms with Crippen LogP contribution in [0.5, 0.6) is 0 Å². The van der Waals surface area contributed by atoms with Gasteiger partial charge in [0.2, 0.25) is 0 Å². The number of hydrogen-bond acceptors (Lipinski definition) is 10. The Morgan fingerprint density at radius 2 is 1.62 bits per heavy atom. The standard InChI is InChI=1S/C34H35N7O4/c1-44-20-27-30(42)31(43)34(45-27)41-21-38-29-32(37-18-26(24-8-4-2-5-9-24)25-10-6-3-7-11-25)39-28(40-33(29)41)19-36-17-23-14-12-22(16-35)13-15-23/h2-15,21,26-27,30-31,34,36,42-43H,17-20H2,1H3,(H,37,39,40). The van der Waals surface area contributed by atoms with Gasteiger partial charge in [0.1, 0.15) is 24.1 Å². The van der Waals surface area contributed by atoms with E-state index in [1.54, 1.807) is 23.0 Å². The molecule has 0 saturated carbocycles. The molecule has 1 saturated heterocycles. The van der Waals surface area contributed by atoms with E-state index in [0.717, 1.165) is 16.7 Å². The maximum Gasteiger partial charge on any atom is 0.168 e. The van der Waals surface area contributed by atoms with Gasteiger partial charge < -0.3 is 30.3 Å². The quantitative estimate of drug-likeness (QED) is 0.166. The number of imidazole rings is 1. The lowest BCUT2D eigenvalue weighted by Crippen LogP contribution is -2.33. The molecule has 6 rings (SSSR count). The van der Waals surface area contributed by atoms with E-state index in [0.29, 0.717) is 48.0 Å². The van der Waals surface area contributed by atoms with Crippen molar-refractivity contribution >= 4 is 17.0 Å². The number of rotatable bonds is 12. The van der Waals surface area contributed by atoms with Crippen LogP contribution >= 0.6 is 0 Å². The van der Waals surface area contributed by atoms with Gasteiger partial charge in [-0.2, -0.15) is 5.26 Å². The zero-order chi connectivity index (χ0) is 31.2. The predicted octanol–water partition coefficient (Wildman–Crippen LogP) is 3.50. The van der Waals surface area contributed by atoms with Gasteiger partial charge in [0.25, 0.3) is 0 Å². The molecular weight excluding hydrogens is 570 g/mol. The van der Waals surface area contributed by atoms with Gasteiger partial charge in [0, 0.05) is 26.1 Å². The fraction of sp³-hybridized carbons (Fsp3) is 0.294. The first kappa shape index (κ1) is 30.3. The highest BCUT2D eigenvalue weighted by molar-refractivity contribution is 5.83. The maximum atomic E-state index is 10.9. The molecule has 3 heterocycles. The molecule has 0 spiro atoms. The minimum Gasteiger partial charge on any atom is -0.387 e. The van der Waals surface area contributed by atoms with Gasteiger partial charge in [0.15, 0.2) is 23.2 Å². The molecule has 11 heteroatoms. The molecule has 2 aromatic heterocycles. The van der Waals surface area contributed by atoms with E-state index in [9.17, 15) is 10.2 Å². The summed E-state index contributed by atoms with van der Waals surface area (Å²) in [6, 6.07) is 30.1. The number of methoxy groups -OCH3 is 1. The van der Waals surface area contributed by atoms with Crippen molar-refractivity contribution in [1.29, 1.82) is 5.26 Å². The Balaban J connectivity index is 1.31. The third-order valence-corrected chi connectivity index (χ3v) is 7.98. The number of aliphatic hydroxyl groups is 2. The fourth-order valence-electron chi connectivity index (χ4n) is 5.62. The molecule has 1 aliphatic heterocycles. The van der Waals surface area contributed by atoms with Crippen LogP contribution in [-0.2, 0) is 22.6 Å². The molecule has 4 atom stereocenters. The molecule has 0 amide bonds. The monoisotopic (exact) mass is 605 g/mol. The molecule has 4 unspecified atom stereocenters. The van der Waals surface area contributed by atoms with Gasteiger partial charge in [-0.05, 0) is 28.8 Å². The Labute approximate surface area is 261 Å². The number of aliphatic hydroxyl groups excluding tert-OH is 2. The topological polar surface area (TPSA) is 150 Å². The van der Waals surface area contributed by atoms with E-state index in [1.807, 2.05) is 48.5 Å². The molecule has 11 nitrogen and oxygen atoms in total. The van der Waals surface area contributed by atoms with E-state index < -0.39 is 24.5 Å². The van der Waals surface area contributed by atoms with Gasteiger partial charge in [0.05, 0.1) is 31.1 Å². The molecule has 4 N–H and O–H groups in total. The molecular formula is C34H35N7O4. The molecule has 5 aromatic rings. The Kier molecular flexibility index (Phi) is 9.40. The van der Waals surface area contributed by atoms with E-state index in [-0.39, 0.29) is 12.5 Å². The molecule has 1 fully saturated rings. The highest BCUT2D eigenvalue weighted by Gasteiger charge is 2.44. The normalized spacial score (nSPS) is 19.6. The van der Waals surface area contributed by atoms with Gasteiger partial charge in [-0.1, -0.05) is 72.8 Å². The van der Waals surface area contributed by atoms with E-state index >= 15 is 0 Å². The van der Waals surface area contributed by atoms with Crippen molar-refractivity contribution in [2.24, 2.45) is 0 Å². The van der Waals surface area contributed by atoms with Gasteiger partial charge in [-0.15, -0.1) is 0 Å². The number of benzene rings is 3. The van der Waals surface area contributed by atoms with Crippen molar-refractivity contribution in [2.45, 2.75) is 43.5 Å². The fourth-order valence-corrected chi connectivity index (χ4v) is 5.62. The summed E-state index contributed by atoms with van der Waals surface area (Å²) in [4.78, 5) is 14.3. The second-order valence-corrected chi connectivity index (χ2v) is 11.0.